The van der Waals surface area contributed by atoms with E-state index in [0.29, 0.717) is 18.0 Å². The average Bonchev–Trinajstić information content (AvgIpc) is 2.48. The maximum absolute atomic E-state index is 10.5. The standard InChI is InChI=1S/C17H22N2O/c1-3-19(4-2)12-14-10-15(18)11-16(17(14)20)13-8-6-5-7-9-13/h5-11,20H,3-4,12,18H2,1-2H3. The van der Waals surface area contributed by atoms with Crippen LogP contribution < -0.4 is 5.73 Å². The molecule has 0 radical (unpaired) electrons. The van der Waals surface area contributed by atoms with Crippen molar-refractivity contribution in [3.8, 4) is 16.9 Å². The maximum Gasteiger partial charge on any atom is 0.128 e. The fourth-order valence-corrected chi connectivity index (χ4v) is 2.37. The van der Waals surface area contributed by atoms with Gasteiger partial charge in [-0.05, 0) is 30.8 Å². The summed E-state index contributed by atoms with van der Waals surface area (Å²) in [6.07, 6.45) is 0. The Morgan fingerprint density at radius 2 is 1.70 bits per heavy atom. The van der Waals surface area contributed by atoms with E-state index in [1.54, 1.807) is 0 Å². The van der Waals surface area contributed by atoms with Gasteiger partial charge < -0.3 is 10.8 Å². The van der Waals surface area contributed by atoms with Gasteiger partial charge in [-0.3, -0.25) is 4.90 Å². The predicted molar refractivity (Wildman–Crippen MR) is 84.6 cm³/mol. The quantitative estimate of drug-likeness (QED) is 0.646. The molecule has 0 atom stereocenters. The van der Waals surface area contributed by atoms with Gasteiger partial charge in [0.2, 0.25) is 0 Å². The van der Waals surface area contributed by atoms with Crippen LogP contribution in [0.15, 0.2) is 42.5 Å². The SMILES string of the molecule is CCN(CC)Cc1cc(N)cc(-c2ccccc2)c1O. The second-order valence-corrected chi connectivity index (χ2v) is 4.90. The summed E-state index contributed by atoms with van der Waals surface area (Å²) < 4.78 is 0. The lowest BCUT2D eigenvalue weighted by molar-refractivity contribution is 0.291. The molecule has 0 fully saturated rings. The van der Waals surface area contributed by atoms with E-state index in [4.69, 9.17) is 5.73 Å². The molecule has 0 aromatic heterocycles. The largest absolute Gasteiger partial charge is 0.507 e. The summed E-state index contributed by atoms with van der Waals surface area (Å²) in [5, 5.41) is 10.5. The van der Waals surface area contributed by atoms with Crippen LogP contribution in [-0.4, -0.2) is 23.1 Å². The van der Waals surface area contributed by atoms with Gasteiger partial charge >= 0.3 is 0 Å². The smallest absolute Gasteiger partial charge is 0.128 e. The lowest BCUT2D eigenvalue weighted by atomic mass is 10.00. The number of rotatable bonds is 5. The molecule has 3 nitrogen and oxygen atoms in total. The van der Waals surface area contributed by atoms with E-state index in [1.807, 2.05) is 42.5 Å². The normalized spacial score (nSPS) is 10.9. The van der Waals surface area contributed by atoms with Crippen LogP contribution in [0.25, 0.3) is 11.1 Å². The third-order valence-electron chi connectivity index (χ3n) is 3.58. The van der Waals surface area contributed by atoms with Crippen LogP contribution in [0.1, 0.15) is 19.4 Å². The minimum Gasteiger partial charge on any atom is -0.507 e. The fourth-order valence-electron chi connectivity index (χ4n) is 2.37. The van der Waals surface area contributed by atoms with E-state index in [2.05, 4.69) is 18.7 Å². The number of phenols is 1. The van der Waals surface area contributed by atoms with Gasteiger partial charge in [-0.2, -0.15) is 0 Å². The van der Waals surface area contributed by atoms with Crippen LogP contribution in [0.5, 0.6) is 5.75 Å². The molecule has 3 N–H and O–H groups in total. The highest BCUT2D eigenvalue weighted by molar-refractivity contribution is 5.75. The first-order valence-corrected chi connectivity index (χ1v) is 7.04. The maximum atomic E-state index is 10.5. The Kier molecular flexibility index (Phi) is 4.64. The second-order valence-electron chi connectivity index (χ2n) is 4.90. The molecule has 106 valence electrons. The zero-order valence-corrected chi connectivity index (χ0v) is 12.1. The summed E-state index contributed by atoms with van der Waals surface area (Å²) in [7, 11) is 0. The molecule has 2 aromatic carbocycles. The van der Waals surface area contributed by atoms with Crippen LogP contribution in [0.4, 0.5) is 5.69 Å². The van der Waals surface area contributed by atoms with Crippen LogP contribution in [0.2, 0.25) is 0 Å². The molecular formula is C17H22N2O. The summed E-state index contributed by atoms with van der Waals surface area (Å²) in [6, 6.07) is 13.5. The van der Waals surface area contributed by atoms with Crippen LogP contribution in [0.3, 0.4) is 0 Å². The molecule has 20 heavy (non-hydrogen) atoms. The molecule has 2 aromatic rings. The molecule has 0 amide bonds. The van der Waals surface area contributed by atoms with E-state index in [0.717, 1.165) is 29.8 Å². The molecule has 0 unspecified atom stereocenters. The van der Waals surface area contributed by atoms with Gasteiger partial charge in [-0.25, -0.2) is 0 Å². The highest BCUT2D eigenvalue weighted by Crippen LogP contribution is 2.35. The minimum absolute atomic E-state index is 0.331. The Morgan fingerprint density at radius 1 is 1.05 bits per heavy atom. The van der Waals surface area contributed by atoms with Gasteiger partial charge in [0, 0.05) is 23.4 Å². The summed E-state index contributed by atoms with van der Waals surface area (Å²) in [5.41, 5.74) is 9.34. The van der Waals surface area contributed by atoms with Crippen LogP contribution in [-0.2, 0) is 6.54 Å². The highest BCUT2D eigenvalue weighted by Gasteiger charge is 2.12. The van der Waals surface area contributed by atoms with E-state index < -0.39 is 0 Å². The Bertz CT molecular complexity index is 563. The summed E-state index contributed by atoms with van der Waals surface area (Å²) in [4.78, 5) is 2.25. The Morgan fingerprint density at radius 3 is 2.30 bits per heavy atom. The van der Waals surface area contributed by atoms with Crippen molar-refractivity contribution in [2.45, 2.75) is 20.4 Å². The van der Waals surface area contributed by atoms with Gasteiger partial charge in [0.1, 0.15) is 5.75 Å². The molecule has 0 aliphatic heterocycles. The second kappa shape index (κ2) is 6.44. The first-order valence-electron chi connectivity index (χ1n) is 7.04. The number of hydrogen-bond donors (Lipinski definition) is 2. The lowest BCUT2D eigenvalue weighted by Crippen LogP contribution is -2.22. The van der Waals surface area contributed by atoms with Crippen molar-refractivity contribution in [3.05, 3.63) is 48.0 Å². The van der Waals surface area contributed by atoms with Crippen LogP contribution >= 0.6 is 0 Å². The van der Waals surface area contributed by atoms with Gasteiger partial charge in [-0.1, -0.05) is 44.2 Å². The van der Waals surface area contributed by atoms with Crippen molar-refractivity contribution in [2.24, 2.45) is 0 Å². The Labute approximate surface area is 120 Å². The third-order valence-corrected chi connectivity index (χ3v) is 3.58. The summed E-state index contributed by atoms with van der Waals surface area (Å²) in [5.74, 6) is 0.331. The molecule has 0 aliphatic carbocycles. The van der Waals surface area contributed by atoms with Gasteiger partial charge in [-0.15, -0.1) is 0 Å². The molecule has 0 heterocycles. The van der Waals surface area contributed by atoms with Crippen molar-refractivity contribution in [2.75, 3.05) is 18.8 Å². The molecule has 0 aliphatic rings. The Balaban J connectivity index is 2.42. The molecule has 2 rings (SSSR count). The zero-order valence-electron chi connectivity index (χ0n) is 12.1. The summed E-state index contributed by atoms with van der Waals surface area (Å²) >= 11 is 0. The summed E-state index contributed by atoms with van der Waals surface area (Å²) in [6.45, 7) is 6.84. The number of anilines is 1. The number of nitrogens with two attached hydrogens (primary N) is 1. The molecule has 3 heteroatoms. The van der Waals surface area contributed by atoms with Crippen LogP contribution in [0, 0.1) is 0 Å². The molecular weight excluding hydrogens is 248 g/mol. The third kappa shape index (κ3) is 3.11. The zero-order chi connectivity index (χ0) is 14.5. The predicted octanol–water partition coefficient (Wildman–Crippen LogP) is 3.48. The molecule has 0 saturated heterocycles. The van der Waals surface area contributed by atoms with E-state index >= 15 is 0 Å². The molecule has 0 bridgehead atoms. The number of nitrogens with zero attached hydrogens (tertiary/aromatic N) is 1. The van der Waals surface area contributed by atoms with Gasteiger partial charge in [0.15, 0.2) is 0 Å². The van der Waals surface area contributed by atoms with Crippen molar-refractivity contribution >= 4 is 5.69 Å². The number of nitrogen functional groups attached to an aromatic ring is 1. The topological polar surface area (TPSA) is 49.5 Å². The highest BCUT2D eigenvalue weighted by atomic mass is 16.3. The monoisotopic (exact) mass is 270 g/mol. The average molecular weight is 270 g/mol. The van der Waals surface area contributed by atoms with E-state index in [1.165, 1.54) is 0 Å². The molecule has 0 saturated carbocycles. The number of phenolic OH excluding ortho intramolecular Hbond substituents is 1. The number of benzene rings is 2. The first-order chi connectivity index (χ1) is 9.65. The number of aromatic hydroxyl groups is 1. The molecule has 0 spiro atoms. The fraction of sp³-hybridized carbons (Fsp3) is 0.294. The minimum atomic E-state index is 0.331. The van der Waals surface area contributed by atoms with Crippen molar-refractivity contribution in [3.63, 3.8) is 0 Å². The van der Waals surface area contributed by atoms with E-state index in [-0.39, 0.29) is 0 Å². The lowest BCUT2D eigenvalue weighted by Gasteiger charge is -2.20. The van der Waals surface area contributed by atoms with Gasteiger partial charge in [0.25, 0.3) is 0 Å². The first kappa shape index (κ1) is 14.4. The van der Waals surface area contributed by atoms with Gasteiger partial charge in [0.05, 0.1) is 0 Å². The van der Waals surface area contributed by atoms with Crippen molar-refractivity contribution in [1.82, 2.24) is 4.90 Å². The van der Waals surface area contributed by atoms with Crippen molar-refractivity contribution < 1.29 is 5.11 Å². The van der Waals surface area contributed by atoms with E-state index in [9.17, 15) is 5.11 Å². The number of hydrogen-bond acceptors (Lipinski definition) is 3. The van der Waals surface area contributed by atoms with Crippen molar-refractivity contribution in [1.29, 1.82) is 0 Å². The Hall–Kier alpha value is -2.00.